The summed E-state index contributed by atoms with van der Waals surface area (Å²) >= 11 is 2.09. The molecule has 0 spiro atoms. The van der Waals surface area contributed by atoms with Crippen molar-refractivity contribution in [1.82, 2.24) is 5.32 Å². The fourth-order valence-electron chi connectivity index (χ4n) is 2.27. The highest BCUT2D eigenvalue weighted by Crippen LogP contribution is 2.24. The van der Waals surface area contributed by atoms with Crippen molar-refractivity contribution in [2.75, 3.05) is 18.1 Å². The normalized spacial score (nSPS) is 22.2. The van der Waals surface area contributed by atoms with Crippen molar-refractivity contribution >= 4 is 11.8 Å². The van der Waals surface area contributed by atoms with Crippen molar-refractivity contribution < 1.29 is 0 Å². The first kappa shape index (κ1) is 12.0. The number of hydrogen-bond acceptors (Lipinski definition) is 2. The lowest BCUT2D eigenvalue weighted by molar-refractivity contribution is 0.476. The molecule has 1 aliphatic heterocycles. The van der Waals surface area contributed by atoms with Gasteiger partial charge in [-0.2, -0.15) is 11.8 Å². The molecule has 0 radical (unpaired) electrons. The molecular weight excluding hydrogens is 214 g/mol. The number of nitrogens with one attached hydrogen (secondary N) is 1. The molecule has 1 fully saturated rings. The van der Waals surface area contributed by atoms with E-state index in [1.807, 2.05) is 0 Å². The third kappa shape index (κ3) is 3.02. The Hall–Kier alpha value is -0.470. The second-order valence-corrected chi connectivity index (χ2v) is 5.87. The maximum absolute atomic E-state index is 3.67. The molecule has 1 aliphatic rings. The van der Waals surface area contributed by atoms with Crippen molar-refractivity contribution in [1.29, 1.82) is 0 Å². The predicted octanol–water partition coefficient (Wildman–Crippen LogP) is 3.40. The van der Waals surface area contributed by atoms with Gasteiger partial charge in [-0.05, 0) is 55.4 Å². The average molecular weight is 235 g/mol. The quantitative estimate of drug-likeness (QED) is 0.858. The van der Waals surface area contributed by atoms with Gasteiger partial charge in [0.15, 0.2) is 0 Å². The first-order valence-electron chi connectivity index (χ1n) is 6.14. The summed E-state index contributed by atoms with van der Waals surface area (Å²) < 4.78 is 0. The van der Waals surface area contributed by atoms with Crippen LogP contribution in [-0.2, 0) is 0 Å². The van der Waals surface area contributed by atoms with Gasteiger partial charge in [-0.15, -0.1) is 0 Å². The van der Waals surface area contributed by atoms with E-state index in [1.54, 1.807) is 0 Å². The molecule has 1 saturated heterocycles. The van der Waals surface area contributed by atoms with Crippen LogP contribution in [0.1, 0.15) is 30.5 Å². The third-order valence-corrected chi connectivity index (χ3v) is 4.62. The summed E-state index contributed by atoms with van der Waals surface area (Å²) in [6, 6.07) is 9.15. The molecule has 0 saturated carbocycles. The van der Waals surface area contributed by atoms with E-state index in [-0.39, 0.29) is 0 Å². The Balaban J connectivity index is 1.87. The van der Waals surface area contributed by atoms with E-state index in [0.29, 0.717) is 6.04 Å². The summed E-state index contributed by atoms with van der Waals surface area (Å²) in [4.78, 5) is 0. The van der Waals surface area contributed by atoms with E-state index < -0.39 is 0 Å². The van der Waals surface area contributed by atoms with E-state index in [4.69, 9.17) is 0 Å². The zero-order valence-electron chi connectivity index (χ0n) is 10.2. The molecule has 2 rings (SSSR count). The fraction of sp³-hybridized carbons (Fsp3) is 0.571. The van der Waals surface area contributed by atoms with Crippen molar-refractivity contribution in [2.24, 2.45) is 5.92 Å². The first-order chi connectivity index (χ1) is 7.77. The van der Waals surface area contributed by atoms with E-state index in [2.05, 4.69) is 55.2 Å². The summed E-state index contributed by atoms with van der Waals surface area (Å²) in [5, 5.41) is 3.67. The van der Waals surface area contributed by atoms with Gasteiger partial charge in [0, 0.05) is 6.04 Å². The van der Waals surface area contributed by atoms with Gasteiger partial charge in [-0.1, -0.05) is 24.3 Å². The molecule has 0 amide bonds. The summed E-state index contributed by atoms with van der Waals surface area (Å²) in [6.45, 7) is 5.63. The van der Waals surface area contributed by atoms with Crippen LogP contribution in [-0.4, -0.2) is 18.1 Å². The topological polar surface area (TPSA) is 12.0 Å². The maximum atomic E-state index is 3.67. The molecular formula is C14H21NS. The van der Waals surface area contributed by atoms with Crippen LogP contribution in [0.2, 0.25) is 0 Å². The molecule has 0 aromatic heterocycles. The van der Waals surface area contributed by atoms with Gasteiger partial charge >= 0.3 is 0 Å². The molecule has 0 bridgehead atoms. The van der Waals surface area contributed by atoms with Gasteiger partial charge in [0.1, 0.15) is 0 Å². The van der Waals surface area contributed by atoms with Crippen LogP contribution in [0, 0.1) is 12.8 Å². The maximum Gasteiger partial charge on any atom is 0.0294 e. The van der Waals surface area contributed by atoms with Crippen LogP contribution in [0.4, 0.5) is 0 Å². The molecule has 1 heterocycles. The van der Waals surface area contributed by atoms with E-state index in [0.717, 1.165) is 5.92 Å². The average Bonchev–Trinajstić information content (AvgIpc) is 2.79. The highest BCUT2D eigenvalue weighted by Gasteiger charge is 2.16. The van der Waals surface area contributed by atoms with Crippen LogP contribution in [0.3, 0.4) is 0 Å². The Morgan fingerprint density at radius 3 is 2.94 bits per heavy atom. The standard InChI is InChI=1S/C14H21NS/c1-11-5-3-4-6-14(11)12(2)15-9-13-7-8-16-10-13/h3-6,12-13,15H,7-10H2,1-2H3/t12-,13?/m1/s1. The Morgan fingerprint density at radius 2 is 2.25 bits per heavy atom. The van der Waals surface area contributed by atoms with E-state index >= 15 is 0 Å². The highest BCUT2D eigenvalue weighted by molar-refractivity contribution is 7.99. The van der Waals surface area contributed by atoms with Gasteiger partial charge in [0.2, 0.25) is 0 Å². The van der Waals surface area contributed by atoms with E-state index in [1.165, 1.54) is 35.6 Å². The highest BCUT2D eigenvalue weighted by atomic mass is 32.2. The minimum absolute atomic E-state index is 0.479. The van der Waals surface area contributed by atoms with Crippen LogP contribution < -0.4 is 5.32 Å². The Kier molecular flexibility index (Phi) is 4.30. The number of thioether (sulfide) groups is 1. The molecule has 0 aliphatic carbocycles. The van der Waals surface area contributed by atoms with Crippen molar-refractivity contribution in [3.05, 3.63) is 35.4 Å². The molecule has 1 nitrogen and oxygen atoms in total. The smallest absolute Gasteiger partial charge is 0.0294 e. The molecule has 16 heavy (non-hydrogen) atoms. The summed E-state index contributed by atoms with van der Waals surface area (Å²) in [6.07, 6.45) is 1.39. The first-order valence-corrected chi connectivity index (χ1v) is 7.29. The zero-order chi connectivity index (χ0) is 11.4. The molecule has 2 heteroatoms. The van der Waals surface area contributed by atoms with Gasteiger partial charge in [0.05, 0.1) is 0 Å². The third-order valence-electron chi connectivity index (χ3n) is 3.39. The predicted molar refractivity (Wildman–Crippen MR) is 73.0 cm³/mol. The Morgan fingerprint density at radius 1 is 1.44 bits per heavy atom. The summed E-state index contributed by atoms with van der Waals surface area (Å²) in [5.74, 6) is 3.58. The number of benzene rings is 1. The second kappa shape index (κ2) is 5.74. The Labute approximate surface area is 103 Å². The van der Waals surface area contributed by atoms with Gasteiger partial charge in [-0.25, -0.2) is 0 Å². The van der Waals surface area contributed by atoms with Crippen LogP contribution >= 0.6 is 11.8 Å². The number of hydrogen-bond donors (Lipinski definition) is 1. The monoisotopic (exact) mass is 235 g/mol. The fourth-order valence-corrected chi connectivity index (χ4v) is 3.55. The van der Waals surface area contributed by atoms with Crippen molar-refractivity contribution in [3.8, 4) is 0 Å². The lowest BCUT2D eigenvalue weighted by Crippen LogP contribution is -2.26. The zero-order valence-corrected chi connectivity index (χ0v) is 11.0. The molecule has 1 aromatic carbocycles. The van der Waals surface area contributed by atoms with Crippen LogP contribution in [0.15, 0.2) is 24.3 Å². The molecule has 1 unspecified atom stereocenters. The molecule has 2 atom stereocenters. The van der Waals surface area contributed by atoms with Crippen LogP contribution in [0.5, 0.6) is 0 Å². The van der Waals surface area contributed by atoms with Gasteiger partial charge in [-0.3, -0.25) is 0 Å². The summed E-state index contributed by atoms with van der Waals surface area (Å²) in [7, 11) is 0. The lowest BCUT2D eigenvalue weighted by atomic mass is 10.0. The van der Waals surface area contributed by atoms with Crippen molar-refractivity contribution in [3.63, 3.8) is 0 Å². The minimum Gasteiger partial charge on any atom is -0.310 e. The summed E-state index contributed by atoms with van der Waals surface area (Å²) in [5.41, 5.74) is 2.83. The van der Waals surface area contributed by atoms with Gasteiger partial charge < -0.3 is 5.32 Å². The lowest BCUT2D eigenvalue weighted by Gasteiger charge is -2.18. The largest absolute Gasteiger partial charge is 0.310 e. The molecule has 88 valence electrons. The second-order valence-electron chi connectivity index (χ2n) is 4.72. The SMILES string of the molecule is Cc1ccccc1[C@@H](C)NCC1CCSC1. The molecule has 1 N–H and O–H groups in total. The van der Waals surface area contributed by atoms with E-state index in [9.17, 15) is 0 Å². The molecule has 1 aromatic rings. The minimum atomic E-state index is 0.479. The Bertz CT molecular complexity index is 331. The van der Waals surface area contributed by atoms with Crippen molar-refractivity contribution in [2.45, 2.75) is 26.3 Å². The van der Waals surface area contributed by atoms with Gasteiger partial charge in [0.25, 0.3) is 0 Å². The number of rotatable bonds is 4. The number of aryl methyl sites for hydroxylation is 1. The van der Waals surface area contributed by atoms with Crippen LogP contribution in [0.25, 0.3) is 0 Å².